The van der Waals surface area contributed by atoms with Crippen LogP contribution in [0.3, 0.4) is 0 Å². The summed E-state index contributed by atoms with van der Waals surface area (Å²) >= 11 is 6.26. The van der Waals surface area contributed by atoms with Gasteiger partial charge in [-0.05, 0) is 117 Å². The van der Waals surface area contributed by atoms with Crippen LogP contribution in [0.25, 0.3) is 0 Å². The topological polar surface area (TPSA) is 122 Å². The molecule has 14 heteroatoms. The number of carbonyl (C=O) groups is 1. The van der Waals surface area contributed by atoms with Gasteiger partial charge in [-0.1, -0.05) is 30.7 Å². The lowest BCUT2D eigenvalue weighted by Crippen LogP contribution is -2.48. The normalized spacial score (nSPS) is 30.6. The Morgan fingerprint density at radius 1 is 1.08 bits per heavy atom. The quantitative estimate of drug-likeness (QED) is 0.395. The molecule has 2 aliphatic carbocycles. The van der Waals surface area contributed by atoms with Gasteiger partial charge < -0.3 is 14.4 Å². The molecule has 6 aliphatic rings. The molecule has 0 spiro atoms. The summed E-state index contributed by atoms with van der Waals surface area (Å²) in [6.07, 6.45) is 6.90. The number of amides is 1. The van der Waals surface area contributed by atoms with Gasteiger partial charge in [0.2, 0.25) is 20.0 Å². The summed E-state index contributed by atoms with van der Waals surface area (Å²) in [6, 6.07) is 8.43. The van der Waals surface area contributed by atoms with Gasteiger partial charge in [0, 0.05) is 31.7 Å². The third-order valence-corrected chi connectivity index (χ3v) is 16.0. The highest BCUT2D eigenvalue weighted by atomic mass is 35.5. The lowest BCUT2D eigenvalue weighted by atomic mass is 9.64. The molecule has 10 nitrogen and oxygen atoms in total. The van der Waals surface area contributed by atoms with Crippen molar-refractivity contribution in [3.05, 3.63) is 69.5 Å². The molecule has 1 amide bonds. The molecule has 4 heterocycles. The number of ether oxygens (including phenoxy) is 2. The van der Waals surface area contributed by atoms with Gasteiger partial charge in [0.1, 0.15) is 11.6 Å². The molecule has 0 aromatic heterocycles. The molecule has 278 valence electrons. The van der Waals surface area contributed by atoms with Crippen molar-refractivity contribution in [1.29, 1.82) is 0 Å². The minimum Gasteiger partial charge on any atom is -0.491 e. The van der Waals surface area contributed by atoms with Crippen molar-refractivity contribution in [3.8, 4) is 5.75 Å². The van der Waals surface area contributed by atoms with E-state index < -0.39 is 37.0 Å². The van der Waals surface area contributed by atoms with Crippen molar-refractivity contribution >= 4 is 43.2 Å². The number of carbonyl (C=O) groups excluding carboxylic acids is 1. The van der Waals surface area contributed by atoms with E-state index in [4.69, 9.17) is 21.1 Å². The first kappa shape index (κ1) is 36.6. The van der Waals surface area contributed by atoms with Crippen LogP contribution in [0.1, 0.15) is 73.9 Å². The second-order valence-electron chi connectivity index (χ2n) is 14.9. The molecule has 1 saturated carbocycles. The summed E-state index contributed by atoms with van der Waals surface area (Å²) in [4.78, 5) is 15.7. The van der Waals surface area contributed by atoms with Crippen molar-refractivity contribution < 1.29 is 35.5 Å². The molecule has 2 aromatic rings. The van der Waals surface area contributed by atoms with Crippen LogP contribution in [-0.4, -0.2) is 77.0 Å². The predicted octanol–water partition coefficient (Wildman–Crippen LogP) is 5.69. The molecule has 6 atom stereocenters. The molecular formula is C37H47ClFN3O7S2. The molecule has 51 heavy (non-hydrogen) atoms. The summed E-state index contributed by atoms with van der Waals surface area (Å²) in [5.74, 6) is -0.373. The zero-order valence-electron chi connectivity index (χ0n) is 29.2. The first-order valence-electron chi connectivity index (χ1n) is 18.2. The Labute approximate surface area is 305 Å². The standard InChI is InChI=1S/C37H47ClFN3O7S2/c1-23-24(2)51(46,47)40-37(43)25-9-12-34-33(20-25)41(21-26-8-11-32(38)35(39)30(26)6-3-4-15-48-34)22-27-7-10-31(27)36(29-18-28(23)19-29)49-16-14-42-13-5-17-50(42,44)45/h8-9,11-12,18,20,23-24,27-28,31,36H,3-7,10,13-17,19,21-22H2,1-2H3,(H,40,43)/t23-,24-,27+,28+,31-,36+/m1/s1. The fraction of sp³-hybridized carbons (Fsp3) is 0.595. The van der Waals surface area contributed by atoms with Crippen molar-refractivity contribution in [2.45, 2.75) is 76.7 Å². The van der Waals surface area contributed by atoms with Crippen LogP contribution in [-0.2, 0) is 37.7 Å². The number of halogens is 2. The molecule has 0 radical (unpaired) electrons. The molecule has 1 N–H and O–H groups in total. The van der Waals surface area contributed by atoms with E-state index in [1.54, 1.807) is 31.2 Å². The molecule has 8 rings (SSSR count). The second kappa shape index (κ2) is 14.6. The zero-order valence-corrected chi connectivity index (χ0v) is 31.5. The van der Waals surface area contributed by atoms with Gasteiger partial charge in [-0.25, -0.2) is 25.9 Å². The monoisotopic (exact) mass is 763 g/mol. The Hall–Kier alpha value is -2.71. The highest BCUT2D eigenvalue weighted by Gasteiger charge is 2.45. The number of nitrogens with zero attached hydrogens (tertiary/aromatic N) is 2. The van der Waals surface area contributed by atoms with Gasteiger partial charge in [0.05, 0.1) is 41.0 Å². The molecular weight excluding hydrogens is 717 g/mol. The van der Waals surface area contributed by atoms with E-state index in [-0.39, 0.29) is 52.7 Å². The van der Waals surface area contributed by atoms with E-state index in [2.05, 4.69) is 15.7 Å². The number of hydrogen-bond donors (Lipinski definition) is 1. The summed E-state index contributed by atoms with van der Waals surface area (Å²) in [5, 5.41) is -0.767. The molecule has 2 fully saturated rings. The van der Waals surface area contributed by atoms with E-state index in [1.807, 2.05) is 13.0 Å². The molecule has 0 unspecified atom stereocenters. The van der Waals surface area contributed by atoms with Gasteiger partial charge in [0.15, 0.2) is 0 Å². The second-order valence-corrected chi connectivity index (χ2v) is 19.4. The van der Waals surface area contributed by atoms with Gasteiger partial charge in [-0.15, -0.1) is 0 Å². The summed E-state index contributed by atoms with van der Waals surface area (Å²) in [5.41, 5.74) is 3.28. The SMILES string of the molecule is C[C@@H]1[C@@H](C)S(=O)(=O)NC(=O)c2ccc3c(c2)N(Cc2ccc(Cl)c(F)c2CCCCO3)C[C@@H]2CC[C@H]2[C@@H](OCCN2CCCS2(=O)=O)C2=C[C@H]1C2. The third-order valence-electron chi connectivity index (χ3n) is 11.9. The molecule has 2 aromatic carbocycles. The molecule has 4 bridgehead atoms. The van der Waals surface area contributed by atoms with Crippen molar-refractivity contribution in [3.63, 3.8) is 0 Å². The minimum absolute atomic E-state index is 0.00889. The van der Waals surface area contributed by atoms with Gasteiger partial charge in [-0.2, -0.15) is 4.31 Å². The largest absolute Gasteiger partial charge is 0.491 e. The van der Waals surface area contributed by atoms with E-state index >= 15 is 4.39 Å². The van der Waals surface area contributed by atoms with Crippen LogP contribution in [0.4, 0.5) is 10.1 Å². The number of fused-ring (bicyclic) bond motifs is 5. The Balaban J connectivity index is 1.28. The summed E-state index contributed by atoms with van der Waals surface area (Å²) in [7, 11) is -7.29. The van der Waals surface area contributed by atoms with Crippen LogP contribution >= 0.6 is 11.6 Å². The Morgan fingerprint density at radius 2 is 1.88 bits per heavy atom. The van der Waals surface area contributed by atoms with Gasteiger partial charge in [-0.3, -0.25) is 4.79 Å². The van der Waals surface area contributed by atoms with E-state index in [1.165, 1.54) is 4.31 Å². The Morgan fingerprint density at radius 3 is 2.61 bits per heavy atom. The fourth-order valence-corrected chi connectivity index (χ4v) is 11.3. The number of allylic oxidation sites excluding steroid dienone is 1. The van der Waals surface area contributed by atoms with E-state index in [0.29, 0.717) is 81.9 Å². The lowest BCUT2D eigenvalue weighted by molar-refractivity contribution is -0.0283. The van der Waals surface area contributed by atoms with Crippen LogP contribution in [0, 0.1) is 29.5 Å². The van der Waals surface area contributed by atoms with Crippen LogP contribution in [0.2, 0.25) is 5.02 Å². The Bertz CT molecular complexity index is 1920. The van der Waals surface area contributed by atoms with Gasteiger partial charge in [0.25, 0.3) is 5.91 Å². The maximum atomic E-state index is 15.5. The number of anilines is 1. The van der Waals surface area contributed by atoms with Crippen molar-refractivity contribution in [2.24, 2.45) is 23.7 Å². The lowest BCUT2D eigenvalue weighted by Gasteiger charge is -2.48. The van der Waals surface area contributed by atoms with Crippen LogP contribution < -0.4 is 14.4 Å². The van der Waals surface area contributed by atoms with Crippen LogP contribution in [0.5, 0.6) is 5.75 Å². The Kier molecular flexibility index (Phi) is 10.5. The zero-order chi connectivity index (χ0) is 36.1. The maximum Gasteiger partial charge on any atom is 0.264 e. The van der Waals surface area contributed by atoms with E-state index in [9.17, 15) is 21.6 Å². The molecule has 4 aliphatic heterocycles. The fourth-order valence-electron chi connectivity index (χ4n) is 8.33. The average molecular weight is 764 g/mol. The summed E-state index contributed by atoms with van der Waals surface area (Å²) < 4.78 is 84.4. The first-order valence-corrected chi connectivity index (χ1v) is 21.7. The third kappa shape index (κ3) is 7.43. The summed E-state index contributed by atoms with van der Waals surface area (Å²) in [6.45, 7) is 5.86. The minimum atomic E-state index is -4.03. The number of sulfonamides is 2. The molecule has 1 saturated heterocycles. The highest BCUT2D eigenvalue weighted by Crippen LogP contribution is 2.48. The maximum absolute atomic E-state index is 15.5. The average Bonchev–Trinajstić information content (AvgIpc) is 3.38. The van der Waals surface area contributed by atoms with Crippen LogP contribution in [0.15, 0.2) is 42.0 Å². The first-order chi connectivity index (χ1) is 24.3. The highest BCUT2D eigenvalue weighted by molar-refractivity contribution is 7.90. The smallest absolute Gasteiger partial charge is 0.264 e. The number of rotatable bonds is 4. The van der Waals surface area contributed by atoms with Crippen molar-refractivity contribution in [1.82, 2.24) is 9.03 Å². The van der Waals surface area contributed by atoms with E-state index in [0.717, 1.165) is 24.0 Å². The number of hydrogen-bond acceptors (Lipinski definition) is 8. The van der Waals surface area contributed by atoms with Crippen molar-refractivity contribution in [2.75, 3.05) is 43.5 Å². The van der Waals surface area contributed by atoms with Gasteiger partial charge >= 0.3 is 0 Å². The number of nitrogens with one attached hydrogen (secondary N) is 1. The predicted molar refractivity (Wildman–Crippen MR) is 194 cm³/mol. The number of benzene rings is 2.